The molecule has 1 saturated heterocycles. The van der Waals surface area contributed by atoms with Gasteiger partial charge in [-0.3, -0.25) is 10.1 Å². The Morgan fingerprint density at radius 3 is 2.54 bits per heavy atom. The van der Waals surface area contributed by atoms with E-state index in [4.69, 9.17) is 16.7 Å². The number of nitro benzene ring substituents is 1. The second-order valence-electron chi connectivity index (χ2n) is 6.03. The molecule has 2 aromatic rings. The molecule has 10 heteroatoms. The third kappa shape index (κ3) is 4.06. The summed E-state index contributed by atoms with van der Waals surface area (Å²) in [5.74, 6) is 0. The Kier molecular flexibility index (Phi) is 5.03. The lowest BCUT2D eigenvalue weighted by atomic mass is 10.2. The molecule has 8 nitrogen and oxygen atoms in total. The van der Waals surface area contributed by atoms with Crippen molar-refractivity contribution in [2.45, 2.75) is 17.4 Å². The summed E-state index contributed by atoms with van der Waals surface area (Å²) in [6, 6.07) is 10.8. The van der Waals surface area contributed by atoms with E-state index in [0.29, 0.717) is 11.6 Å². The van der Waals surface area contributed by atoms with E-state index < -0.39 is 14.9 Å². The highest BCUT2D eigenvalue weighted by molar-refractivity contribution is 7.89. The maximum atomic E-state index is 11.8. The molecule has 1 aliphatic heterocycles. The van der Waals surface area contributed by atoms with E-state index in [1.54, 1.807) is 12.1 Å². The molecule has 0 spiro atoms. The maximum absolute atomic E-state index is 11.8. The van der Waals surface area contributed by atoms with E-state index in [0.717, 1.165) is 30.8 Å². The maximum Gasteiger partial charge on any atom is 0.271 e. The number of nitrogens with one attached hydrogen (secondary N) is 1. The molecule has 0 radical (unpaired) electrons. The molecule has 0 aromatic heterocycles. The summed E-state index contributed by atoms with van der Waals surface area (Å²) >= 11 is 5.90. The molecule has 1 aliphatic rings. The molecule has 0 amide bonds. The van der Waals surface area contributed by atoms with Crippen LogP contribution < -0.4 is 15.4 Å². The van der Waals surface area contributed by atoms with E-state index in [1.165, 1.54) is 6.07 Å². The molecule has 0 aliphatic carbocycles. The second kappa shape index (κ2) is 7.10. The van der Waals surface area contributed by atoms with Crippen molar-refractivity contribution in [3.63, 3.8) is 0 Å². The summed E-state index contributed by atoms with van der Waals surface area (Å²) in [4.78, 5) is 12.4. The molecule has 1 unspecified atom stereocenters. The van der Waals surface area contributed by atoms with Crippen molar-refractivity contribution in [2.75, 3.05) is 23.3 Å². The highest BCUT2D eigenvalue weighted by Gasteiger charge is 2.26. The third-order valence-corrected chi connectivity index (χ3v) is 5.44. The molecule has 0 saturated carbocycles. The summed E-state index contributed by atoms with van der Waals surface area (Å²) in [6.07, 6.45) is 0.745. The molecule has 0 bridgehead atoms. The number of hydrogen-bond acceptors (Lipinski definition) is 6. The molecular weight excluding hydrogens is 380 g/mol. The Hall–Kier alpha value is -2.36. The van der Waals surface area contributed by atoms with E-state index in [-0.39, 0.29) is 22.3 Å². The van der Waals surface area contributed by atoms with Crippen LogP contribution in [0.4, 0.5) is 17.1 Å². The van der Waals surface area contributed by atoms with Gasteiger partial charge < -0.3 is 10.2 Å². The molecule has 1 atom stereocenters. The van der Waals surface area contributed by atoms with E-state index in [2.05, 4.69) is 10.2 Å². The highest BCUT2D eigenvalue weighted by Crippen LogP contribution is 2.29. The lowest BCUT2D eigenvalue weighted by Crippen LogP contribution is -2.27. The van der Waals surface area contributed by atoms with Crippen LogP contribution in [0.25, 0.3) is 0 Å². The van der Waals surface area contributed by atoms with Crippen LogP contribution in [0.15, 0.2) is 47.4 Å². The average Bonchev–Trinajstić information content (AvgIpc) is 3.03. The number of anilines is 2. The van der Waals surface area contributed by atoms with Crippen LogP contribution >= 0.6 is 11.6 Å². The topological polar surface area (TPSA) is 119 Å². The molecule has 1 fully saturated rings. The van der Waals surface area contributed by atoms with Crippen molar-refractivity contribution >= 4 is 38.7 Å². The summed E-state index contributed by atoms with van der Waals surface area (Å²) in [5.41, 5.74) is 0.946. The number of nitrogens with zero attached hydrogens (tertiary/aromatic N) is 2. The van der Waals surface area contributed by atoms with Crippen molar-refractivity contribution in [1.29, 1.82) is 0 Å². The molecule has 2 aromatic carbocycles. The van der Waals surface area contributed by atoms with Gasteiger partial charge in [0.1, 0.15) is 4.90 Å². The molecular formula is C16H17ClN4O4S. The van der Waals surface area contributed by atoms with Gasteiger partial charge in [-0.1, -0.05) is 11.6 Å². The molecule has 3 rings (SSSR count). The normalized spacial score (nSPS) is 17.3. The number of primary sulfonamides is 1. The average molecular weight is 397 g/mol. The zero-order chi connectivity index (χ0) is 18.9. The first-order chi connectivity index (χ1) is 12.2. The lowest BCUT2D eigenvalue weighted by Gasteiger charge is -2.20. The van der Waals surface area contributed by atoms with Crippen LogP contribution in [0.1, 0.15) is 6.42 Å². The van der Waals surface area contributed by atoms with E-state index in [9.17, 15) is 18.5 Å². The van der Waals surface area contributed by atoms with Crippen molar-refractivity contribution in [3.8, 4) is 0 Å². The molecule has 26 heavy (non-hydrogen) atoms. The Balaban J connectivity index is 1.81. The number of halogens is 1. The summed E-state index contributed by atoms with van der Waals surface area (Å²) in [5, 5.41) is 20.0. The van der Waals surface area contributed by atoms with Crippen molar-refractivity contribution in [2.24, 2.45) is 5.14 Å². The number of rotatable bonds is 5. The standard InChI is InChI=1S/C16H17ClN4O4S/c17-11-1-3-13(4-2-11)20-8-7-12(10-20)19-15-9-14(21(22)23)5-6-16(15)26(18,24)25/h1-6,9,12,19H,7-8,10H2,(H2,18,24,25). The Morgan fingerprint density at radius 2 is 1.92 bits per heavy atom. The van der Waals surface area contributed by atoms with Crippen LogP contribution in [0.2, 0.25) is 5.02 Å². The van der Waals surface area contributed by atoms with Crippen molar-refractivity contribution in [1.82, 2.24) is 0 Å². The zero-order valence-corrected chi connectivity index (χ0v) is 15.2. The molecule has 3 N–H and O–H groups in total. The first-order valence-electron chi connectivity index (χ1n) is 7.82. The number of nitrogens with two attached hydrogens (primary N) is 1. The number of benzene rings is 2. The van der Waals surface area contributed by atoms with Crippen LogP contribution in [-0.4, -0.2) is 32.5 Å². The smallest absolute Gasteiger partial charge is 0.271 e. The Bertz CT molecular complexity index is 934. The second-order valence-corrected chi connectivity index (χ2v) is 8.00. The number of sulfonamides is 1. The SMILES string of the molecule is NS(=O)(=O)c1ccc([N+](=O)[O-])cc1NC1CCN(c2ccc(Cl)cc2)C1. The van der Waals surface area contributed by atoms with Crippen LogP contribution in [0.5, 0.6) is 0 Å². The minimum Gasteiger partial charge on any atom is -0.379 e. The molecule has 1 heterocycles. The van der Waals surface area contributed by atoms with Crippen LogP contribution in [0, 0.1) is 10.1 Å². The lowest BCUT2D eigenvalue weighted by molar-refractivity contribution is -0.384. The number of nitro groups is 1. The van der Waals surface area contributed by atoms with Gasteiger partial charge in [0.05, 0.1) is 10.6 Å². The zero-order valence-electron chi connectivity index (χ0n) is 13.6. The fourth-order valence-electron chi connectivity index (χ4n) is 2.98. The minimum atomic E-state index is -4.00. The van der Waals surface area contributed by atoms with Gasteiger partial charge in [-0.25, -0.2) is 13.6 Å². The van der Waals surface area contributed by atoms with Crippen molar-refractivity contribution in [3.05, 3.63) is 57.6 Å². The van der Waals surface area contributed by atoms with Crippen LogP contribution in [-0.2, 0) is 10.0 Å². The Morgan fingerprint density at radius 1 is 1.23 bits per heavy atom. The van der Waals surface area contributed by atoms with Gasteiger partial charge in [0.15, 0.2) is 0 Å². The largest absolute Gasteiger partial charge is 0.379 e. The minimum absolute atomic E-state index is 0.0758. The Labute approximate surface area is 155 Å². The first-order valence-corrected chi connectivity index (χ1v) is 9.75. The quantitative estimate of drug-likeness (QED) is 0.592. The first kappa shape index (κ1) is 18.4. The monoisotopic (exact) mass is 396 g/mol. The van der Waals surface area contributed by atoms with Crippen molar-refractivity contribution < 1.29 is 13.3 Å². The van der Waals surface area contributed by atoms with Crippen LogP contribution in [0.3, 0.4) is 0 Å². The predicted octanol–water partition coefficient (Wildman–Crippen LogP) is 2.59. The summed E-state index contributed by atoms with van der Waals surface area (Å²) < 4.78 is 23.5. The number of non-ortho nitro benzene ring substituents is 1. The fraction of sp³-hybridized carbons (Fsp3) is 0.250. The van der Waals surface area contributed by atoms with Gasteiger partial charge in [0.25, 0.3) is 5.69 Å². The van der Waals surface area contributed by atoms with Gasteiger partial charge in [-0.05, 0) is 36.8 Å². The van der Waals surface area contributed by atoms with E-state index in [1.807, 2.05) is 12.1 Å². The van der Waals surface area contributed by atoms with Gasteiger partial charge >= 0.3 is 0 Å². The van der Waals surface area contributed by atoms with Gasteiger partial charge in [0, 0.05) is 42.0 Å². The fourth-order valence-corrected chi connectivity index (χ4v) is 3.78. The highest BCUT2D eigenvalue weighted by atomic mass is 35.5. The third-order valence-electron chi connectivity index (χ3n) is 4.22. The van der Waals surface area contributed by atoms with E-state index >= 15 is 0 Å². The number of hydrogen-bond donors (Lipinski definition) is 2. The molecule has 138 valence electrons. The van der Waals surface area contributed by atoms with Gasteiger partial charge in [-0.2, -0.15) is 0 Å². The summed E-state index contributed by atoms with van der Waals surface area (Å²) in [7, 11) is -4.00. The van der Waals surface area contributed by atoms with Gasteiger partial charge in [0.2, 0.25) is 10.0 Å². The summed E-state index contributed by atoms with van der Waals surface area (Å²) in [6.45, 7) is 1.38. The van der Waals surface area contributed by atoms with Gasteiger partial charge in [-0.15, -0.1) is 0 Å². The predicted molar refractivity (Wildman–Crippen MR) is 100 cm³/mol.